The highest BCUT2D eigenvalue weighted by Gasteiger charge is 2.40. The molecule has 1 aliphatic rings. The zero-order chi connectivity index (χ0) is 20.4. The third-order valence-corrected chi connectivity index (χ3v) is 5.94. The zero-order valence-corrected chi connectivity index (χ0v) is 16.8. The van der Waals surface area contributed by atoms with Gasteiger partial charge in [-0.1, -0.05) is 6.92 Å². The Morgan fingerprint density at radius 2 is 2.07 bits per heavy atom. The van der Waals surface area contributed by atoms with Gasteiger partial charge in [0.1, 0.15) is 5.60 Å². The number of nitrogens with one attached hydrogen (secondary N) is 2. The van der Waals surface area contributed by atoms with E-state index in [2.05, 4.69) is 20.0 Å². The van der Waals surface area contributed by atoms with Gasteiger partial charge in [0.25, 0.3) is 0 Å². The standard InChI is InChI=1S/C18H24N4O5S/c1-4-12-9-20-17(22-16(12)27-15-10-26-11-18(15,2)23)21-13-5-7-14(8-6-13)28(24,25)19-3/h5-9,15,19,23H,4,10-11H2,1-3H3,(H,20,21,22). The predicted molar refractivity (Wildman–Crippen MR) is 103 cm³/mol. The van der Waals surface area contributed by atoms with E-state index in [-0.39, 0.29) is 18.1 Å². The molecule has 1 saturated heterocycles. The second kappa shape index (κ2) is 8.00. The summed E-state index contributed by atoms with van der Waals surface area (Å²) in [5.74, 6) is 0.681. The smallest absolute Gasteiger partial charge is 0.240 e. The summed E-state index contributed by atoms with van der Waals surface area (Å²) >= 11 is 0. The van der Waals surface area contributed by atoms with Crippen molar-refractivity contribution in [1.29, 1.82) is 0 Å². The maximum atomic E-state index is 11.8. The van der Waals surface area contributed by atoms with Gasteiger partial charge in [-0.25, -0.2) is 18.1 Å². The third-order valence-electron chi connectivity index (χ3n) is 4.51. The van der Waals surface area contributed by atoms with Crippen molar-refractivity contribution in [2.75, 3.05) is 25.6 Å². The first-order valence-corrected chi connectivity index (χ1v) is 10.4. The molecule has 1 aromatic carbocycles. The summed E-state index contributed by atoms with van der Waals surface area (Å²) < 4.78 is 37.1. The molecule has 2 aromatic rings. The number of ether oxygens (including phenoxy) is 2. The Morgan fingerprint density at radius 3 is 2.64 bits per heavy atom. The summed E-state index contributed by atoms with van der Waals surface area (Å²) in [6.07, 6.45) is 1.81. The first-order chi connectivity index (χ1) is 13.2. The Kier molecular flexibility index (Phi) is 5.84. The van der Waals surface area contributed by atoms with E-state index in [0.29, 0.717) is 23.9 Å². The van der Waals surface area contributed by atoms with Crippen LogP contribution in [-0.4, -0.2) is 55.5 Å². The van der Waals surface area contributed by atoms with Crippen LogP contribution in [0.25, 0.3) is 0 Å². The van der Waals surface area contributed by atoms with Crippen LogP contribution in [0.4, 0.5) is 11.6 Å². The number of sulfonamides is 1. The van der Waals surface area contributed by atoms with Gasteiger partial charge in [0.15, 0.2) is 6.10 Å². The fourth-order valence-electron chi connectivity index (χ4n) is 2.70. The van der Waals surface area contributed by atoms with Crippen molar-refractivity contribution in [3.63, 3.8) is 0 Å². The number of aromatic nitrogens is 2. The minimum absolute atomic E-state index is 0.162. The first-order valence-electron chi connectivity index (χ1n) is 8.88. The largest absolute Gasteiger partial charge is 0.468 e. The van der Waals surface area contributed by atoms with Gasteiger partial charge >= 0.3 is 0 Å². The van der Waals surface area contributed by atoms with Crippen LogP contribution in [0.5, 0.6) is 5.88 Å². The minimum atomic E-state index is -3.49. The van der Waals surface area contributed by atoms with Crippen LogP contribution in [0.2, 0.25) is 0 Å². The van der Waals surface area contributed by atoms with Crippen molar-refractivity contribution in [1.82, 2.24) is 14.7 Å². The molecule has 0 radical (unpaired) electrons. The lowest BCUT2D eigenvalue weighted by atomic mass is 10.0. The molecule has 1 fully saturated rings. The Balaban J connectivity index is 1.79. The summed E-state index contributed by atoms with van der Waals surface area (Å²) in [7, 11) is -2.13. The molecule has 2 unspecified atom stereocenters. The molecule has 9 nitrogen and oxygen atoms in total. The highest BCUT2D eigenvalue weighted by Crippen LogP contribution is 2.27. The quantitative estimate of drug-likeness (QED) is 0.625. The second-order valence-corrected chi connectivity index (χ2v) is 8.60. The van der Waals surface area contributed by atoms with Gasteiger partial charge in [-0.05, 0) is 44.7 Å². The van der Waals surface area contributed by atoms with E-state index in [0.717, 1.165) is 5.56 Å². The molecule has 0 saturated carbocycles. The van der Waals surface area contributed by atoms with Gasteiger partial charge in [-0.3, -0.25) is 0 Å². The van der Waals surface area contributed by atoms with E-state index in [4.69, 9.17) is 9.47 Å². The molecule has 3 rings (SSSR count). The number of aryl methyl sites for hydroxylation is 1. The SMILES string of the molecule is CCc1cnc(Nc2ccc(S(=O)(=O)NC)cc2)nc1OC1COCC1(C)O. The van der Waals surface area contributed by atoms with Crippen molar-refractivity contribution in [2.45, 2.75) is 36.9 Å². The zero-order valence-electron chi connectivity index (χ0n) is 16.0. The molecular weight excluding hydrogens is 384 g/mol. The lowest BCUT2D eigenvalue weighted by molar-refractivity contribution is -0.0179. The molecule has 0 aliphatic carbocycles. The van der Waals surface area contributed by atoms with Crippen molar-refractivity contribution < 1.29 is 23.0 Å². The van der Waals surface area contributed by atoms with Crippen LogP contribution in [-0.2, 0) is 21.2 Å². The number of rotatable bonds is 7. The molecule has 3 N–H and O–H groups in total. The second-order valence-electron chi connectivity index (χ2n) is 6.71. The number of benzene rings is 1. The maximum Gasteiger partial charge on any atom is 0.240 e. The highest BCUT2D eigenvalue weighted by molar-refractivity contribution is 7.89. The molecule has 0 bridgehead atoms. The maximum absolute atomic E-state index is 11.8. The summed E-state index contributed by atoms with van der Waals surface area (Å²) in [4.78, 5) is 8.85. The summed E-state index contributed by atoms with van der Waals surface area (Å²) in [5, 5.41) is 13.4. The molecule has 1 aliphatic heterocycles. The molecular formula is C18H24N4O5S. The van der Waals surface area contributed by atoms with Crippen LogP contribution in [0.15, 0.2) is 35.4 Å². The number of hydrogen-bond acceptors (Lipinski definition) is 8. The topological polar surface area (TPSA) is 123 Å². The average Bonchev–Trinajstić information content (AvgIpc) is 3.00. The Hall–Kier alpha value is -2.27. The van der Waals surface area contributed by atoms with Crippen LogP contribution in [0.1, 0.15) is 19.4 Å². The van der Waals surface area contributed by atoms with Crippen molar-refractivity contribution in [2.24, 2.45) is 0 Å². The Labute approximate surface area is 164 Å². The van der Waals surface area contributed by atoms with Gasteiger partial charge < -0.3 is 19.9 Å². The molecule has 2 atom stereocenters. The van der Waals surface area contributed by atoms with Crippen molar-refractivity contribution in [3.05, 3.63) is 36.0 Å². The summed E-state index contributed by atoms with van der Waals surface area (Å²) in [5.41, 5.74) is 0.350. The number of hydrogen-bond donors (Lipinski definition) is 3. The number of aliphatic hydroxyl groups is 1. The van der Waals surface area contributed by atoms with Gasteiger partial charge in [0.2, 0.25) is 21.9 Å². The van der Waals surface area contributed by atoms with E-state index in [1.54, 1.807) is 25.3 Å². The van der Waals surface area contributed by atoms with E-state index in [1.807, 2.05) is 6.92 Å². The van der Waals surface area contributed by atoms with Crippen molar-refractivity contribution in [3.8, 4) is 5.88 Å². The van der Waals surface area contributed by atoms with Gasteiger partial charge in [-0.2, -0.15) is 4.98 Å². The highest BCUT2D eigenvalue weighted by atomic mass is 32.2. The normalized spacial score (nSPS) is 22.2. The van der Waals surface area contributed by atoms with Crippen LogP contribution in [0.3, 0.4) is 0 Å². The Morgan fingerprint density at radius 1 is 1.36 bits per heavy atom. The predicted octanol–water partition coefficient (Wildman–Crippen LogP) is 1.22. The van der Waals surface area contributed by atoms with Crippen LogP contribution < -0.4 is 14.8 Å². The lowest BCUT2D eigenvalue weighted by Gasteiger charge is -2.24. The lowest BCUT2D eigenvalue weighted by Crippen LogP contribution is -2.42. The number of anilines is 2. The van der Waals surface area contributed by atoms with E-state index < -0.39 is 21.7 Å². The third kappa shape index (κ3) is 4.41. The van der Waals surface area contributed by atoms with Gasteiger partial charge in [0.05, 0.1) is 18.1 Å². The summed E-state index contributed by atoms with van der Waals surface area (Å²) in [6, 6.07) is 6.22. The molecule has 10 heteroatoms. The molecule has 0 amide bonds. The monoisotopic (exact) mass is 408 g/mol. The van der Waals surface area contributed by atoms with Crippen LogP contribution >= 0.6 is 0 Å². The fraction of sp³-hybridized carbons (Fsp3) is 0.444. The molecule has 152 valence electrons. The first kappa shape index (κ1) is 20.5. The van der Waals surface area contributed by atoms with Crippen molar-refractivity contribution >= 4 is 21.7 Å². The number of nitrogens with zero attached hydrogens (tertiary/aromatic N) is 2. The Bertz CT molecular complexity index is 931. The minimum Gasteiger partial charge on any atom is -0.468 e. The average molecular weight is 408 g/mol. The summed E-state index contributed by atoms with van der Waals surface area (Å²) in [6.45, 7) is 4.11. The molecule has 2 heterocycles. The van der Waals surface area contributed by atoms with Crippen LogP contribution in [0, 0.1) is 0 Å². The van der Waals surface area contributed by atoms with E-state index in [9.17, 15) is 13.5 Å². The molecule has 0 spiro atoms. The molecule has 1 aromatic heterocycles. The fourth-order valence-corrected chi connectivity index (χ4v) is 3.43. The van der Waals surface area contributed by atoms with E-state index >= 15 is 0 Å². The van der Waals surface area contributed by atoms with E-state index in [1.165, 1.54) is 19.2 Å². The van der Waals surface area contributed by atoms with Gasteiger partial charge in [0, 0.05) is 17.4 Å². The molecule has 28 heavy (non-hydrogen) atoms. The van der Waals surface area contributed by atoms with Gasteiger partial charge in [-0.15, -0.1) is 0 Å².